The van der Waals surface area contributed by atoms with Gasteiger partial charge < -0.3 is 13.3 Å². The molecule has 0 aromatic carbocycles. The first-order valence-corrected chi connectivity index (χ1v) is 13.9. The van der Waals surface area contributed by atoms with Gasteiger partial charge in [-0.2, -0.15) is 0 Å². The molecule has 0 aromatic heterocycles. The fourth-order valence-electron chi connectivity index (χ4n) is 4.64. The largest absolute Gasteiger partial charge is 0.487 e. The molecule has 0 fully saturated rings. The van der Waals surface area contributed by atoms with Crippen molar-refractivity contribution in [2.75, 3.05) is 0 Å². The first-order valence-electron chi connectivity index (χ1n) is 12.5. The van der Waals surface area contributed by atoms with Crippen LogP contribution in [0.4, 0.5) is 0 Å². The van der Waals surface area contributed by atoms with E-state index in [2.05, 4.69) is 98.7 Å². The van der Waals surface area contributed by atoms with Crippen LogP contribution >= 0.6 is 0 Å². The van der Waals surface area contributed by atoms with E-state index in [0.717, 1.165) is 0 Å². The van der Waals surface area contributed by atoms with Crippen molar-refractivity contribution < 1.29 is 13.3 Å². The van der Waals surface area contributed by atoms with E-state index in [9.17, 15) is 0 Å². The van der Waals surface area contributed by atoms with Crippen LogP contribution in [-0.2, 0) is 13.3 Å². The average molecular weight is 555 g/mol. The van der Waals surface area contributed by atoms with Crippen LogP contribution in [0.1, 0.15) is 0 Å². The standard InChI is InChI=1S/C36H46O3Si/c1-16-31(17-2,18-3)34(25-10,26-11)37-40(38-35(27-12,28-13)32(19-4,20-5)21-6)39-36(29-14,30-15)33(22-7,23-8)24-9/h16-30,40H,1-15H2. The number of hydrogen-bond acceptors (Lipinski definition) is 3. The molecule has 0 rings (SSSR count). The molecule has 0 aromatic rings. The van der Waals surface area contributed by atoms with Gasteiger partial charge >= 0.3 is 9.53 Å². The van der Waals surface area contributed by atoms with Gasteiger partial charge in [-0.3, -0.25) is 0 Å². The van der Waals surface area contributed by atoms with Crippen molar-refractivity contribution in [2.24, 2.45) is 16.2 Å². The second kappa shape index (κ2) is 14.5. The minimum absolute atomic E-state index is 1.05. The Kier molecular flexibility index (Phi) is 13.2. The van der Waals surface area contributed by atoms with Crippen molar-refractivity contribution in [3.8, 4) is 0 Å². The zero-order chi connectivity index (χ0) is 31.3. The van der Waals surface area contributed by atoms with Crippen LogP contribution < -0.4 is 0 Å². The molecule has 3 nitrogen and oxygen atoms in total. The van der Waals surface area contributed by atoms with Gasteiger partial charge in [-0.1, -0.05) is 131 Å². The Labute approximate surface area is 245 Å². The van der Waals surface area contributed by atoms with Gasteiger partial charge in [0.25, 0.3) is 0 Å². The first kappa shape index (κ1) is 36.2. The van der Waals surface area contributed by atoms with Crippen LogP contribution in [-0.4, -0.2) is 26.3 Å². The minimum atomic E-state index is -3.50. The maximum absolute atomic E-state index is 6.80. The summed E-state index contributed by atoms with van der Waals surface area (Å²) in [5.41, 5.74) is -7.25. The van der Waals surface area contributed by atoms with Gasteiger partial charge in [0.2, 0.25) is 0 Å². The van der Waals surface area contributed by atoms with Gasteiger partial charge in [0, 0.05) is 0 Å². The highest BCUT2D eigenvalue weighted by Crippen LogP contribution is 2.47. The lowest BCUT2D eigenvalue weighted by Gasteiger charge is -2.50. The first-order chi connectivity index (χ1) is 18.9. The molecule has 0 saturated heterocycles. The summed E-state index contributed by atoms with van der Waals surface area (Å²) in [4.78, 5) is 0. The summed E-state index contributed by atoms with van der Waals surface area (Å²) in [6.07, 6.45) is 24.1. The van der Waals surface area contributed by atoms with Gasteiger partial charge in [0.05, 0.1) is 16.2 Å². The molecule has 0 radical (unpaired) electrons. The lowest BCUT2D eigenvalue weighted by molar-refractivity contribution is -0.0581. The molecule has 212 valence electrons. The predicted octanol–water partition coefficient (Wildman–Crippen LogP) is 8.72. The van der Waals surface area contributed by atoms with E-state index in [0.29, 0.717) is 0 Å². The third-order valence-electron chi connectivity index (χ3n) is 7.76. The summed E-state index contributed by atoms with van der Waals surface area (Å²) in [6.45, 7) is 60.1. The summed E-state index contributed by atoms with van der Waals surface area (Å²) in [5, 5.41) is 0. The van der Waals surface area contributed by atoms with E-state index < -0.39 is 42.6 Å². The highest BCUT2D eigenvalue weighted by Gasteiger charge is 2.53. The van der Waals surface area contributed by atoms with Gasteiger partial charge in [0.1, 0.15) is 16.8 Å². The van der Waals surface area contributed by atoms with Crippen molar-refractivity contribution in [3.05, 3.63) is 190 Å². The highest BCUT2D eigenvalue weighted by atomic mass is 28.3. The molecule has 40 heavy (non-hydrogen) atoms. The second-order valence-electron chi connectivity index (χ2n) is 8.88. The lowest BCUT2D eigenvalue weighted by atomic mass is 9.72. The Morgan fingerprint density at radius 2 is 0.425 bits per heavy atom. The van der Waals surface area contributed by atoms with Gasteiger partial charge in [-0.25, -0.2) is 0 Å². The summed E-state index contributed by atoms with van der Waals surface area (Å²) < 4.78 is 20.4. The van der Waals surface area contributed by atoms with E-state index in [1.165, 1.54) is 0 Å². The molecule has 0 N–H and O–H groups in total. The molecule has 0 amide bonds. The Bertz CT molecular complexity index is 874. The molecule has 0 atom stereocenters. The van der Waals surface area contributed by atoms with Crippen molar-refractivity contribution in [1.82, 2.24) is 0 Å². The van der Waals surface area contributed by atoms with Crippen LogP contribution in [0.5, 0.6) is 0 Å². The lowest BCUT2D eigenvalue weighted by Crippen LogP contribution is -2.58. The predicted molar refractivity (Wildman–Crippen MR) is 179 cm³/mol. The van der Waals surface area contributed by atoms with Crippen molar-refractivity contribution in [3.63, 3.8) is 0 Å². The van der Waals surface area contributed by atoms with Crippen LogP contribution in [0.3, 0.4) is 0 Å². The Morgan fingerprint density at radius 3 is 0.525 bits per heavy atom. The molecule has 0 aliphatic heterocycles. The minimum Gasteiger partial charge on any atom is -0.361 e. The molecule has 0 spiro atoms. The van der Waals surface area contributed by atoms with E-state index in [1.54, 1.807) is 91.1 Å². The Hall–Kier alpha value is -3.80. The third-order valence-corrected chi connectivity index (χ3v) is 9.51. The quantitative estimate of drug-likeness (QED) is 0.0882. The molecule has 0 aliphatic carbocycles. The SMILES string of the molecule is C=CC(C=C)(C=C)C(C=C)(C=C)O[SiH](OC(C=C)(C=C)C(C=C)(C=C)C=C)OC(C=C)(C=C)C(C=C)(C=C)C=C. The van der Waals surface area contributed by atoms with E-state index >= 15 is 0 Å². The molecule has 0 saturated carbocycles. The molecule has 4 heteroatoms. The normalized spacial score (nSPS) is 12.5. The van der Waals surface area contributed by atoms with Crippen LogP contribution in [0.15, 0.2) is 190 Å². The number of hydrogen-bond donors (Lipinski definition) is 0. The summed E-state index contributed by atoms with van der Waals surface area (Å²) in [6, 6.07) is 0. The third kappa shape index (κ3) is 5.44. The van der Waals surface area contributed by atoms with Crippen molar-refractivity contribution >= 4 is 9.53 Å². The van der Waals surface area contributed by atoms with Gasteiger partial charge in [-0.05, 0) is 0 Å². The molecule has 0 bridgehead atoms. The van der Waals surface area contributed by atoms with Gasteiger partial charge in [-0.15, -0.1) is 59.2 Å². The van der Waals surface area contributed by atoms with Crippen molar-refractivity contribution in [1.29, 1.82) is 0 Å². The molecule has 0 heterocycles. The van der Waals surface area contributed by atoms with Gasteiger partial charge in [0.15, 0.2) is 0 Å². The fraction of sp³-hybridized carbons (Fsp3) is 0.167. The summed E-state index contributed by atoms with van der Waals surface area (Å²) in [5.74, 6) is 0. The summed E-state index contributed by atoms with van der Waals surface area (Å²) in [7, 11) is -3.50. The van der Waals surface area contributed by atoms with Crippen LogP contribution in [0.25, 0.3) is 0 Å². The number of rotatable bonds is 24. The van der Waals surface area contributed by atoms with Crippen molar-refractivity contribution in [2.45, 2.75) is 16.8 Å². The monoisotopic (exact) mass is 554 g/mol. The Balaban J connectivity index is 7.86. The zero-order valence-electron chi connectivity index (χ0n) is 24.1. The van der Waals surface area contributed by atoms with Crippen LogP contribution in [0.2, 0.25) is 0 Å². The smallest absolute Gasteiger partial charge is 0.361 e. The highest BCUT2D eigenvalue weighted by molar-refractivity contribution is 6.37. The second-order valence-corrected chi connectivity index (χ2v) is 10.2. The van der Waals surface area contributed by atoms with E-state index in [1.807, 2.05) is 0 Å². The molecular weight excluding hydrogens is 508 g/mol. The maximum Gasteiger partial charge on any atom is 0.487 e. The fourth-order valence-corrected chi connectivity index (χ4v) is 6.93. The molecular formula is C36H46O3Si. The van der Waals surface area contributed by atoms with E-state index in [4.69, 9.17) is 13.3 Å². The zero-order valence-corrected chi connectivity index (χ0v) is 25.2. The average Bonchev–Trinajstić information content (AvgIpc) is 3.01. The molecule has 0 aliphatic rings. The van der Waals surface area contributed by atoms with Crippen LogP contribution in [0, 0.1) is 16.2 Å². The topological polar surface area (TPSA) is 27.7 Å². The Morgan fingerprint density at radius 1 is 0.275 bits per heavy atom. The van der Waals surface area contributed by atoms with E-state index in [-0.39, 0.29) is 0 Å². The maximum atomic E-state index is 6.80. The summed E-state index contributed by atoms with van der Waals surface area (Å²) >= 11 is 0. The molecule has 0 unspecified atom stereocenters.